The molecule has 11 heteroatoms. The Morgan fingerprint density at radius 1 is 0.921 bits per heavy atom. The van der Waals surface area contributed by atoms with E-state index in [1.165, 1.54) is 51.7 Å². The number of methoxy groups -OCH3 is 3. The molecule has 0 radical (unpaired) electrons. The molecule has 0 heterocycles. The number of halogens is 1. The van der Waals surface area contributed by atoms with Gasteiger partial charge in [-0.15, -0.1) is 0 Å². The van der Waals surface area contributed by atoms with Gasteiger partial charge < -0.3 is 14.2 Å². The number of amides is 1. The first kappa shape index (κ1) is 28.8. The van der Waals surface area contributed by atoms with Crippen LogP contribution in [0.15, 0.2) is 76.7 Å². The maximum absolute atomic E-state index is 13.8. The van der Waals surface area contributed by atoms with Crippen molar-refractivity contribution in [1.82, 2.24) is 5.43 Å². The third kappa shape index (κ3) is 7.17. The minimum Gasteiger partial charge on any atom is -0.495 e. The summed E-state index contributed by atoms with van der Waals surface area (Å²) < 4.78 is 44.4. The number of benzene rings is 3. The summed E-state index contributed by atoms with van der Waals surface area (Å²) in [7, 11) is -0.0472. The fourth-order valence-corrected chi connectivity index (χ4v) is 5.22. The zero-order valence-electron chi connectivity index (χ0n) is 21.6. The predicted molar refractivity (Wildman–Crippen MR) is 148 cm³/mol. The average Bonchev–Trinajstić information content (AvgIpc) is 2.93. The number of nitrogens with one attached hydrogen (secondary N) is 1. The number of hydrogen-bond donors (Lipinski definition) is 1. The van der Waals surface area contributed by atoms with E-state index in [2.05, 4.69) is 10.5 Å². The van der Waals surface area contributed by atoms with Crippen molar-refractivity contribution in [2.45, 2.75) is 24.7 Å². The third-order valence-electron chi connectivity index (χ3n) is 5.63. The molecule has 3 rings (SSSR count). The normalized spacial score (nSPS) is 11.6. The van der Waals surface area contributed by atoms with E-state index in [-0.39, 0.29) is 27.1 Å². The lowest BCUT2D eigenvalue weighted by Gasteiger charge is -2.26. The highest BCUT2D eigenvalue weighted by molar-refractivity contribution is 7.92. The Morgan fingerprint density at radius 3 is 2.24 bits per heavy atom. The molecular formula is C27H30ClN3O6S. The molecule has 0 aromatic heterocycles. The van der Waals surface area contributed by atoms with Crippen molar-refractivity contribution in [1.29, 1.82) is 0 Å². The second-order valence-electron chi connectivity index (χ2n) is 8.21. The number of ether oxygens (including phenoxy) is 3. The van der Waals surface area contributed by atoms with Gasteiger partial charge >= 0.3 is 0 Å². The van der Waals surface area contributed by atoms with Crippen molar-refractivity contribution in [3.8, 4) is 17.2 Å². The van der Waals surface area contributed by atoms with Crippen LogP contribution >= 0.6 is 11.6 Å². The van der Waals surface area contributed by atoms with Crippen LogP contribution in [0, 0.1) is 0 Å². The van der Waals surface area contributed by atoms with Gasteiger partial charge in [-0.05, 0) is 55.7 Å². The quantitative estimate of drug-likeness (QED) is 0.255. The zero-order valence-corrected chi connectivity index (χ0v) is 23.2. The molecule has 0 atom stereocenters. The first-order valence-electron chi connectivity index (χ1n) is 11.6. The van der Waals surface area contributed by atoms with Crippen LogP contribution in [-0.2, 0) is 21.2 Å². The molecule has 0 saturated heterocycles. The van der Waals surface area contributed by atoms with Gasteiger partial charge in [-0.25, -0.2) is 13.8 Å². The SMILES string of the molecule is COc1ccc(S(=O)(=O)N(CC(=O)N/N=C(/C)CCc2ccccc2)c2cc(Cl)ccc2OC)cc1OC. The van der Waals surface area contributed by atoms with E-state index in [9.17, 15) is 13.2 Å². The topological polar surface area (TPSA) is 107 Å². The van der Waals surface area contributed by atoms with Gasteiger partial charge in [0.25, 0.3) is 15.9 Å². The summed E-state index contributed by atoms with van der Waals surface area (Å²) in [6.45, 7) is 1.21. The molecule has 0 aliphatic heterocycles. The van der Waals surface area contributed by atoms with Crippen molar-refractivity contribution in [3.63, 3.8) is 0 Å². The molecular weight excluding hydrogens is 530 g/mol. The Kier molecular flexibility index (Phi) is 9.98. The first-order valence-corrected chi connectivity index (χ1v) is 13.5. The van der Waals surface area contributed by atoms with Crippen LogP contribution < -0.4 is 23.9 Å². The summed E-state index contributed by atoms with van der Waals surface area (Å²) in [5, 5.41) is 4.42. The number of sulfonamides is 1. The predicted octanol–water partition coefficient (Wildman–Crippen LogP) is 4.69. The maximum atomic E-state index is 13.8. The molecule has 3 aromatic carbocycles. The largest absolute Gasteiger partial charge is 0.495 e. The van der Waals surface area contributed by atoms with E-state index in [1.807, 2.05) is 30.3 Å². The molecule has 1 N–H and O–H groups in total. The lowest BCUT2D eigenvalue weighted by molar-refractivity contribution is -0.119. The molecule has 202 valence electrons. The molecule has 0 unspecified atom stereocenters. The van der Waals surface area contributed by atoms with Gasteiger partial charge in [-0.2, -0.15) is 5.10 Å². The Bertz CT molecular complexity index is 1400. The van der Waals surface area contributed by atoms with Gasteiger partial charge in [-0.3, -0.25) is 9.10 Å². The van der Waals surface area contributed by atoms with Gasteiger partial charge in [0.2, 0.25) is 0 Å². The van der Waals surface area contributed by atoms with Crippen LogP contribution in [0.3, 0.4) is 0 Å². The number of carbonyl (C=O) groups is 1. The summed E-state index contributed by atoms with van der Waals surface area (Å²) in [5.74, 6) is 0.148. The van der Waals surface area contributed by atoms with Crippen LogP contribution in [-0.4, -0.2) is 47.9 Å². The van der Waals surface area contributed by atoms with E-state index >= 15 is 0 Å². The van der Waals surface area contributed by atoms with Crippen LogP contribution in [0.5, 0.6) is 17.2 Å². The Morgan fingerprint density at radius 2 is 1.58 bits per heavy atom. The molecule has 9 nitrogen and oxygen atoms in total. The van der Waals surface area contributed by atoms with Gasteiger partial charge in [-0.1, -0.05) is 41.9 Å². The van der Waals surface area contributed by atoms with E-state index in [0.29, 0.717) is 17.9 Å². The van der Waals surface area contributed by atoms with Crippen LogP contribution in [0.25, 0.3) is 0 Å². The van der Waals surface area contributed by atoms with Crippen molar-refractivity contribution in [2.75, 3.05) is 32.2 Å². The maximum Gasteiger partial charge on any atom is 0.265 e. The summed E-state index contributed by atoms with van der Waals surface area (Å²) in [4.78, 5) is 12.8. The highest BCUT2D eigenvalue weighted by Gasteiger charge is 2.30. The lowest BCUT2D eigenvalue weighted by atomic mass is 10.1. The van der Waals surface area contributed by atoms with Crippen molar-refractivity contribution in [3.05, 3.63) is 77.3 Å². The second-order valence-corrected chi connectivity index (χ2v) is 10.5. The number of rotatable bonds is 12. The lowest BCUT2D eigenvalue weighted by Crippen LogP contribution is -2.40. The van der Waals surface area contributed by atoms with Gasteiger partial charge in [0.1, 0.15) is 12.3 Å². The summed E-state index contributed by atoms with van der Waals surface area (Å²) >= 11 is 6.19. The molecule has 0 bridgehead atoms. The number of hydrogen-bond acceptors (Lipinski definition) is 7. The summed E-state index contributed by atoms with van der Waals surface area (Å²) in [5.41, 5.74) is 4.39. The molecule has 0 saturated carbocycles. The summed E-state index contributed by atoms with van der Waals surface area (Å²) in [6.07, 6.45) is 1.38. The Labute approximate surface area is 228 Å². The van der Waals surface area contributed by atoms with E-state index in [4.69, 9.17) is 25.8 Å². The van der Waals surface area contributed by atoms with Crippen molar-refractivity contribution >= 4 is 38.9 Å². The van der Waals surface area contributed by atoms with Gasteiger partial charge in [0.15, 0.2) is 11.5 Å². The van der Waals surface area contributed by atoms with Crippen LogP contribution in [0.2, 0.25) is 5.02 Å². The molecule has 0 spiro atoms. The molecule has 1 amide bonds. The summed E-state index contributed by atoms with van der Waals surface area (Å²) in [6, 6.07) is 18.6. The van der Waals surface area contributed by atoms with Crippen molar-refractivity contribution in [2.24, 2.45) is 5.10 Å². The minimum absolute atomic E-state index is 0.0923. The third-order valence-corrected chi connectivity index (χ3v) is 7.62. The zero-order chi connectivity index (χ0) is 27.7. The molecule has 0 fully saturated rings. The fraction of sp³-hybridized carbons (Fsp3) is 0.259. The number of aryl methyl sites for hydroxylation is 1. The first-order chi connectivity index (χ1) is 18.2. The molecule has 0 aliphatic carbocycles. The second kappa shape index (κ2) is 13.2. The molecule has 0 aliphatic rings. The monoisotopic (exact) mass is 559 g/mol. The van der Waals surface area contributed by atoms with E-state index in [0.717, 1.165) is 16.3 Å². The molecule has 3 aromatic rings. The van der Waals surface area contributed by atoms with E-state index < -0.39 is 22.5 Å². The van der Waals surface area contributed by atoms with Crippen LogP contribution in [0.1, 0.15) is 18.9 Å². The van der Waals surface area contributed by atoms with E-state index in [1.54, 1.807) is 13.0 Å². The Hall–Kier alpha value is -3.76. The number of nitrogens with zero attached hydrogens (tertiary/aromatic N) is 2. The number of hydrazone groups is 1. The highest BCUT2D eigenvalue weighted by atomic mass is 35.5. The average molecular weight is 560 g/mol. The fourth-order valence-electron chi connectivity index (χ4n) is 3.61. The van der Waals surface area contributed by atoms with Gasteiger partial charge in [0, 0.05) is 16.8 Å². The number of carbonyl (C=O) groups excluding carboxylic acids is 1. The number of anilines is 1. The Balaban J connectivity index is 1.90. The molecule has 38 heavy (non-hydrogen) atoms. The van der Waals surface area contributed by atoms with Crippen LogP contribution in [0.4, 0.5) is 5.69 Å². The van der Waals surface area contributed by atoms with Gasteiger partial charge in [0.05, 0.1) is 31.9 Å². The van der Waals surface area contributed by atoms with Crippen molar-refractivity contribution < 1.29 is 27.4 Å². The smallest absolute Gasteiger partial charge is 0.265 e. The minimum atomic E-state index is -4.29. The highest BCUT2D eigenvalue weighted by Crippen LogP contribution is 2.36. The standard InChI is InChI=1S/C27H30ClN3O6S/c1-19(10-11-20-8-6-5-7-9-20)29-30-27(32)18-31(23-16-21(28)12-14-24(23)35-2)38(33,34)22-13-15-25(36-3)26(17-22)37-4/h5-9,12-17H,10-11,18H2,1-4H3,(H,30,32)/b29-19-.